The monoisotopic (exact) mass is 291 g/mol. The van der Waals surface area contributed by atoms with Gasteiger partial charge in [-0.2, -0.15) is 5.10 Å². The first kappa shape index (κ1) is 13.8. The molecule has 0 atom stereocenters. The summed E-state index contributed by atoms with van der Waals surface area (Å²) in [5.74, 6) is 0.0242. The Hall–Kier alpha value is -1.20. The Morgan fingerprint density at radius 2 is 2.10 bits per heavy atom. The van der Waals surface area contributed by atoms with Crippen LogP contribution >= 0.6 is 11.3 Å². The Labute approximate surface area is 123 Å². The Morgan fingerprint density at radius 1 is 1.25 bits per heavy atom. The predicted molar refractivity (Wildman–Crippen MR) is 82.2 cm³/mol. The SMILES string of the molecule is O=C1CCC(c2ccc(CCCN3CCCC3)s2)=NN1. The fourth-order valence-electron chi connectivity index (χ4n) is 2.80. The summed E-state index contributed by atoms with van der Waals surface area (Å²) in [5, 5.41) is 4.16. The van der Waals surface area contributed by atoms with E-state index in [1.807, 2.05) is 11.3 Å². The van der Waals surface area contributed by atoms with E-state index in [4.69, 9.17) is 0 Å². The van der Waals surface area contributed by atoms with Crippen LogP contribution < -0.4 is 5.43 Å². The van der Waals surface area contributed by atoms with Crippen LogP contribution in [0.15, 0.2) is 17.2 Å². The number of hydrazone groups is 1. The van der Waals surface area contributed by atoms with Gasteiger partial charge >= 0.3 is 0 Å². The highest BCUT2D eigenvalue weighted by molar-refractivity contribution is 7.14. The summed E-state index contributed by atoms with van der Waals surface area (Å²) < 4.78 is 0. The minimum Gasteiger partial charge on any atom is -0.303 e. The van der Waals surface area contributed by atoms with Crippen LogP contribution in [0, 0.1) is 0 Å². The highest BCUT2D eigenvalue weighted by Gasteiger charge is 2.15. The van der Waals surface area contributed by atoms with E-state index in [1.165, 1.54) is 48.7 Å². The van der Waals surface area contributed by atoms with Crippen molar-refractivity contribution in [1.82, 2.24) is 10.3 Å². The van der Waals surface area contributed by atoms with Gasteiger partial charge in [0.15, 0.2) is 0 Å². The Morgan fingerprint density at radius 3 is 2.85 bits per heavy atom. The molecular formula is C15H21N3OS. The van der Waals surface area contributed by atoms with Crippen LogP contribution in [-0.2, 0) is 11.2 Å². The van der Waals surface area contributed by atoms with Crippen molar-refractivity contribution in [3.8, 4) is 0 Å². The fraction of sp³-hybridized carbons (Fsp3) is 0.600. The third kappa shape index (κ3) is 3.46. The number of rotatable bonds is 5. The van der Waals surface area contributed by atoms with Crippen LogP contribution in [0.3, 0.4) is 0 Å². The highest BCUT2D eigenvalue weighted by Crippen LogP contribution is 2.22. The van der Waals surface area contributed by atoms with Gasteiger partial charge in [-0.25, -0.2) is 5.43 Å². The molecule has 1 aromatic heterocycles. The summed E-state index contributed by atoms with van der Waals surface area (Å²) in [6.07, 6.45) is 6.45. The smallest absolute Gasteiger partial charge is 0.240 e. The normalized spacial score (nSPS) is 20.0. The second-order valence-electron chi connectivity index (χ2n) is 5.51. The molecule has 1 saturated heterocycles. The van der Waals surface area contributed by atoms with Gasteiger partial charge in [-0.15, -0.1) is 11.3 Å². The van der Waals surface area contributed by atoms with E-state index in [9.17, 15) is 4.79 Å². The zero-order valence-corrected chi connectivity index (χ0v) is 12.5. The van der Waals surface area contributed by atoms with Crippen molar-refractivity contribution in [2.24, 2.45) is 5.10 Å². The second kappa shape index (κ2) is 6.50. The van der Waals surface area contributed by atoms with Crippen molar-refractivity contribution >= 4 is 23.0 Å². The number of amides is 1. The van der Waals surface area contributed by atoms with E-state index in [-0.39, 0.29) is 5.91 Å². The summed E-state index contributed by atoms with van der Waals surface area (Å²) in [7, 11) is 0. The molecular weight excluding hydrogens is 270 g/mol. The van der Waals surface area contributed by atoms with Crippen molar-refractivity contribution in [3.05, 3.63) is 21.9 Å². The minimum absolute atomic E-state index is 0.0242. The van der Waals surface area contributed by atoms with Gasteiger partial charge < -0.3 is 4.90 Å². The first-order chi connectivity index (χ1) is 9.81. The summed E-state index contributed by atoms with van der Waals surface area (Å²) in [6.45, 7) is 3.79. The molecule has 20 heavy (non-hydrogen) atoms. The molecule has 1 fully saturated rings. The molecule has 1 aromatic rings. The van der Waals surface area contributed by atoms with Crippen LogP contribution in [-0.4, -0.2) is 36.2 Å². The molecule has 0 radical (unpaired) electrons. The molecule has 0 spiro atoms. The quantitative estimate of drug-likeness (QED) is 0.905. The molecule has 3 rings (SSSR count). The third-order valence-corrected chi connectivity index (χ3v) is 5.14. The maximum absolute atomic E-state index is 11.1. The summed E-state index contributed by atoms with van der Waals surface area (Å²) in [4.78, 5) is 16.3. The van der Waals surface area contributed by atoms with E-state index >= 15 is 0 Å². The second-order valence-corrected chi connectivity index (χ2v) is 6.68. The van der Waals surface area contributed by atoms with Gasteiger partial charge in [0.05, 0.1) is 10.6 Å². The molecule has 2 aliphatic heterocycles. The van der Waals surface area contributed by atoms with E-state index in [0.29, 0.717) is 6.42 Å². The molecule has 1 N–H and O–H groups in total. The number of carbonyl (C=O) groups excluding carboxylic acids is 1. The average molecular weight is 291 g/mol. The van der Waals surface area contributed by atoms with Gasteiger partial charge in [0, 0.05) is 17.7 Å². The molecule has 0 aromatic carbocycles. The first-order valence-corrected chi connectivity index (χ1v) is 8.30. The highest BCUT2D eigenvalue weighted by atomic mass is 32.1. The molecule has 2 aliphatic rings. The Bertz CT molecular complexity index is 503. The zero-order valence-electron chi connectivity index (χ0n) is 11.7. The minimum atomic E-state index is 0.0242. The van der Waals surface area contributed by atoms with Crippen molar-refractivity contribution in [1.29, 1.82) is 0 Å². The van der Waals surface area contributed by atoms with Gasteiger partial charge in [-0.05, 0) is 57.5 Å². The standard InChI is InChI=1S/C15H21N3OS/c19-15-8-6-13(16-17-15)14-7-5-12(20-14)4-3-11-18-9-1-2-10-18/h5,7H,1-4,6,8-11H2,(H,17,19). The lowest BCUT2D eigenvalue weighted by Gasteiger charge is -2.13. The van der Waals surface area contributed by atoms with Crippen LogP contribution in [0.25, 0.3) is 0 Å². The van der Waals surface area contributed by atoms with Crippen LogP contribution in [0.1, 0.15) is 41.9 Å². The average Bonchev–Trinajstić information content (AvgIpc) is 3.11. The van der Waals surface area contributed by atoms with E-state index in [1.54, 1.807) is 0 Å². The topological polar surface area (TPSA) is 44.7 Å². The number of nitrogens with zero attached hydrogens (tertiary/aromatic N) is 2. The van der Waals surface area contributed by atoms with Crippen LogP contribution in [0.2, 0.25) is 0 Å². The number of hydrogen-bond acceptors (Lipinski definition) is 4. The number of aryl methyl sites for hydroxylation is 1. The lowest BCUT2D eigenvalue weighted by molar-refractivity contribution is -0.121. The maximum Gasteiger partial charge on any atom is 0.240 e. The molecule has 4 nitrogen and oxygen atoms in total. The van der Waals surface area contributed by atoms with Crippen molar-refractivity contribution in [3.63, 3.8) is 0 Å². The molecule has 3 heterocycles. The number of likely N-dealkylation sites (tertiary alicyclic amines) is 1. The third-order valence-electron chi connectivity index (χ3n) is 3.95. The first-order valence-electron chi connectivity index (χ1n) is 7.48. The number of hydrogen-bond donors (Lipinski definition) is 1. The molecule has 0 aliphatic carbocycles. The van der Waals surface area contributed by atoms with Crippen LogP contribution in [0.4, 0.5) is 0 Å². The van der Waals surface area contributed by atoms with Gasteiger partial charge in [-0.3, -0.25) is 4.79 Å². The molecule has 1 amide bonds. The Balaban J connectivity index is 1.50. The number of nitrogens with one attached hydrogen (secondary N) is 1. The molecule has 0 saturated carbocycles. The summed E-state index contributed by atoms with van der Waals surface area (Å²) in [6, 6.07) is 4.36. The van der Waals surface area contributed by atoms with E-state index < -0.39 is 0 Å². The van der Waals surface area contributed by atoms with Crippen molar-refractivity contribution in [2.75, 3.05) is 19.6 Å². The Kier molecular flexibility index (Phi) is 4.47. The zero-order chi connectivity index (χ0) is 13.8. The van der Waals surface area contributed by atoms with Crippen LogP contribution in [0.5, 0.6) is 0 Å². The lowest BCUT2D eigenvalue weighted by atomic mass is 10.1. The summed E-state index contributed by atoms with van der Waals surface area (Å²) in [5.41, 5.74) is 3.60. The van der Waals surface area contributed by atoms with E-state index in [0.717, 1.165) is 18.6 Å². The van der Waals surface area contributed by atoms with E-state index in [2.05, 4.69) is 27.6 Å². The number of carbonyl (C=O) groups is 1. The van der Waals surface area contributed by atoms with Gasteiger partial charge in [0.2, 0.25) is 5.91 Å². The maximum atomic E-state index is 11.1. The predicted octanol–water partition coefficient (Wildman–Crippen LogP) is 2.39. The lowest BCUT2D eigenvalue weighted by Crippen LogP contribution is -2.25. The molecule has 5 heteroatoms. The number of thiophene rings is 1. The van der Waals surface area contributed by atoms with Gasteiger partial charge in [0.25, 0.3) is 0 Å². The molecule has 108 valence electrons. The largest absolute Gasteiger partial charge is 0.303 e. The van der Waals surface area contributed by atoms with Gasteiger partial charge in [0.1, 0.15) is 0 Å². The fourth-order valence-corrected chi connectivity index (χ4v) is 3.87. The molecule has 0 unspecified atom stereocenters. The molecule has 0 bridgehead atoms. The van der Waals surface area contributed by atoms with Crippen molar-refractivity contribution < 1.29 is 4.79 Å². The van der Waals surface area contributed by atoms with Gasteiger partial charge in [-0.1, -0.05) is 0 Å². The summed E-state index contributed by atoms with van der Waals surface area (Å²) >= 11 is 1.82. The van der Waals surface area contributed by atoms with Crippen molar-refractivity contribution in [2.45, 2.75) is 38.5 Å².